The van der Waals surface area contributed by atoms with Crippen LogP contribution in [0.4, 0.5) is 20.6 Å². The molecule has 32 heavy (non-hydrogen) atoms. The lowest BCUT2D eigenvalue weighted by molar-refractivity contribution is -0.133. The third-order valence-corrected chi connectivity index (χ3v) is 6.49. The molecule has 3 amide bonds. The van der Waals surface area contributed by atoms with Crippen molar-refractivity contribution in [1.29, 1.82) is 0 Å². The van der Waals surface area contributed by atoms with Crippen molar-refractivity contribution in [3.05, 3.63) is 24.0 Å². The van der Waals surface area contributed by atoms with Gasteiger partial charge in [0.15, 0.2) is 9.84 Å². The Balaban J connectivity index is 1.72. The van der Waals surface area contributed by atoms with Crippen LogP contribution in [0.15, 0.2) is 23.3 Å². The van der Waals surface area contributed by atoms with Gasteiger partial charge in [0.1, 0.15) is 17.1 Å². The molecule has 1 fully saturated rings. The normalized spacial score (nSPS) is 20.5. The van der Waals surface area contributed by atoms with Crippen LogP contribution in [0.1, 0.15) is 40.0 Å². The van der Waals surface area contributed by atoms with Crippen LogP contribution in [0.5, 0.6) is 0 Å². The largest absolute Gasteiger partial charge is 0.444 e. The number of amides is 3. The minimum absolute atomic E-state index is 0.0255. The molecule has 0 bridgehead atoms. The zero-order valence-corrected chi connectivity index (χ0v) is 18.8. The first kappa shape index (κ1) is 23.6. The van der Waals surface area contributed by atoms with E-state index in [-0.39, 0.29) is 53.8 Å². The van der Waals surface area contributed by atoms with Gasteiger partial charge in [0.05, 0.1) is 23.2 Å². The van der Waals surface area contributed by atoms with Gasteiger partial charge in [0, 0.05) is 18.5 Å². The first-order valence-electron chi connectivity index (χ1n) is 10.0. The molecule has 0 aliphatic carbocycles. The highest BCUT2D eigenvalue weighted by atomic mass is 32.2. The average molecular weight is 469 g/mol. The molecule has 0 radical (unpaired) electrons. The third kappa shape index (κ3) is 6.02. The molecule has 3 rings (SSSR count). The zero-order valence-electron chi connectivity index (χ0n) is 18.0. The van der Waals surface area contributed by atoms with E-state index in [1.807, 2.05) is 0 Å². The predicted octanol–water partition coefficient (Wildman–Crippen LogP) is 2.28. The minimum Gasteiger partial charge on any atom is -0.444 e. The molecule has 0 saturated carbocycles. The Morgan fingerprint density at radius 2 is 1.94 bits per heavy atom. The molecule has 2 N–H and O–H groups in total. The van der Waals surface area contributed by atoms with Crippen LogP contribution < -0.4 is 10.6 Å². The highest BCUT2D eigenvalue weighted by Crippen LogP contribution is 2.24. The molecule has 1 aromatic rings. The van der Waals surface area contributed by atoms with Gasteiger partial charge in [-0.15, -0.1) is 0 Å². The maximum atomic E-state index is 14.1. The Bertz CT molecular complexity index is 1080. The number of nitrogens with one attached hydrogen (secondary N) is 2. The maximum Gasteiger partial charge on any atom is 0.412 e. The number of halogens is 1. The number of carbonyl (C=O) groups is 3. The van der Waals surface area contributed by atoms with Gasteiger partial charge in [-0.2, -0.15) is 5.10 Å². The Hall–Kier alpha value is -3.02. The number of hydrogen-bond acceptors (Lipinski definition) is 7. The quantitative estimate of drug-likeness (QED) is 0.696. The second-order valence-electron chi connectivity index (χ2n) is 8.62. The number of rotatable bonds is 4. The summed E-state index contributed by atoms with van der Waals surface area (Å²) in [7, 11) is -3.23. The lowest BCUT2D eigenvalue weighted by Crippen LogP contribution is -2.42. The van der Waals surface area contributed by atoms with Crippen LogP contribution in [0.2, 0.25) is 0 Å². The third-order valence-electron chi connectivity index (χ3n) is 4.74. The number of ether oxygens (including phenoxy) is 1. The smallest absolute Gasteiger partial charge is 0.412 e. The van der Waals surface area contributed by atoms with Crippen molar-refractivity contribution in [2.75, 3.05) is 22.1 Å². The summed E-state index contributed by atoms with van der Waals surface area (Å²) < 4.78 is 42.6. The van der Waals surface area contributed by atoms with Crippen molar-refractivity contribution >= 4 is 44.8 Å². The fourth-order valence-corrected chi connectivity index (χ4v) is 5.00. The Morgan fingerprint density at radius 1 is 1.22 bits per heavy atom. The zero-order chi connectivity index (χ0) is 23.7. The molecule has 2 heterocycles. The van der Waals surface area contributed by atoms with Gasteiger partial charge >= 0.3 is 6.09 Å². The van der Waals surface area contributed by atoms with Crippen molar-refractivity contribution in [2.45, 2.75) is 51.7 Å². The van der Waals surface area contributed by atoms with Crippen LogP contribution in [0.25, 0.3) is 0 Å². The molecule has 12 heteroatoms. The van der Waals surface area contributed by atoms with Crippen LogP contribution in [-0.2, 0) is 24.2 Å². The second kappa shape index (κ2) is 8.85. The number of carbonyl (C=O) groups excluding carboxylic acids is 3. The van der Waals surface area contributed by atoms with Crippen molar-refractivity contribution in [2.24, 2.45) is 5.10 Å². The molecule has 1 saturated heterocycles. The van der Waals surface area contributed by atoms with Crippen LogP contribution in [0, 0.1) is 5.82 Å². The highest BCUT2D eigenvalue weighted by molar-refractivity contribution is 7.91. The average Bonchev–Trinajstić information content (AvgIpc) is 3.02. The van der Waals surface area contributed by atoms with E-state index >= 15 is 0 Å². The molecule has 2 aliphatic heterocycles. The van der Waals surface area contributed by atoms with E-state index in [9.17, 15) is 27.2 Å². The van der Waals surface area contributed by atoms with E-state index in [1.165, 1.54) is 12.1 Å². The van der Waals surface area contributed by atoms with Gasteiger partial charge in [0.2, 0.25) is 5.91 Å². The van der Waals surface area contributed by atoms with Crippen molar-refractivity contribution < 1.29 is 31.9 Å². The summed E-state index contributed by atoms with van der Waals surface area (Å²) in [5.41, 5.74) is -0.708. The van der Waals surface area contributed by atoms with Gasteiger partial charge in [-0.1, -0.05) is 0 Å². The van der Waals surface area contributed by atoms with E-state index in [0.29, 0.717) is 0 Å². The van der Waals surface area contributed by atoms with E-state index in [1.54, 1.807) is 20.8 Å². The van der Waals surface area contributed by atoms with Crippen molar-refractivity contribution in [1.82, 2.24) is 5.01 Å². The van der Waals surface area contributed by atoms with Crippen LogP contribution in [-0.4, -0.2) is 60.2 Å². The predicted molar refractivity (Wildman–Crippen MR) is 115 cm³/mol. The molecule has 1 atom stereocenters. The lowest BCUT2D eigenvalue weighted by atomic mass is 10.1. The number of hydrazone groups is 1. The van der Waals surface area contributed by atoms with Gasteiger partial charge in [0.25, 0.3) is 5.91 Å². The number of hydrogen-bond donors (Lipinski definition) is 2. The molecular weight excluding hydrogens is 443 g/mol. The monoisotopic (exact) mass is 468 g/mol. The van der Waals surface area contributed by atoms with E-state index in [0.717, 1.165) is 11.1 Å². The van der Waals surface area contributed by atoms with Crippen molar-refractivity contribution in [3.63, 3.8) is 0 Å². The van der Waals surface area contributed by atoms with E-state index < -0.39 is 39.3 Å². The lowest BCUT2D eigenvalue weighted by Gasteiger charge is -2.27. The second-order valence-corrected chi connectivity index (χ2v) is 10.8. The number of anilines is 2. The van der Waals surface area contributed by atoms with Gasteiger partial charge in [-0.05, 0) is 45.4 Å². The molecular formula is C20H25FN4O6S. The fraction of sp³-hybridized carbons (Fsp3) is 0.500. The minimum atomic E-state index is -3.23. The number of sulfone groups is 1. The molecule has 0 spiro atoms. The van der Waals surface area contributed by atoms with E-state index in [4.69, 9.17) is 4.74 Å². The molecule has 2 aliphatic rings. The number of benzene rings is 1. The summed E-state index contributed by atoms with van der Waals surface area (Å²) in [6, 6.07) is 3.02. The standard InChI is InChI=1S/C20H25FN4O6S/c1-20(2,3)31-19(28)23-16-10-12(4-5-14(16)21)22-18(27)15-6-7-17(26)25(24-15)13-8-9-32(29,30)11-13/h4-5,10,13H,6-9,11H2,1-3H3,(H,22,27)(H,23,28). The summed E-state index contributed by atoms with van der Waals surface area (Å²) in [6.45, 7) is 5.00. The van der Waals surface area contributed by atoms with E-state index in [2.05, 4.69) is 15.7 Å². The van der Waals surface area contributed by atoms with Crippen molar-refractivity contribution in [3.8, 4) is 0 Å². The summed E-state index contributed by atoms with van der Waals surface area (Å²) in [5.74, 6) is -1.88. The molecule has 1 aromatic carbocycles. The molecule has 0 aromatic heterocycles. The fourth-order valence-electron chi connectivity index (χ4n) is 3.30. The first-order chi connectivity index (χ1) is 14.8. The van der Waals surface area contributed by atoms with Gasteiger partial charge in [-0.25, -0.2) is 22.6 Å². The van der Waals surface area contributed by atoms with Crippen LogP contribution >= 0.6 is 0 Å². The topological polar surface area (TPSA) is 134 Å². The Morgan fingerprint density at radius 3 is 2.56 bits per heavy atom. The summed E-state index contributed by atoms with van der Waals surface area (Å²) in [4.78, 5) is 36.8. The first-order valence-corrected chi connectivity index (χ1v) is 11.9. The molecule has 10 nitrogen and oxygen atoms in total. The highest BCUT2D eigenvalue weighted by Gasteiger charge is 2.37. The van der Waals surface area contributed by atoms with Gasteiger partial charge in [-0.3, -0.25) is 14.9 Å². The number of nitrogens with zero attached hydrogens (tertiary/aromatic N) is 2. The Kier molecular flexibility index (Phi) is 6.54. The van der Waals surface area contributed by atoms with Gasteiger partial charge < -0.3 is 10.1 Å². The molecule has 1 unspecified atom stereocenters. The maximum absolute atomic E-state index is 14.1. The Labute approximate surface area is 185 Å². The van der Waals surface area contributed by atoms with Crippen LogP contribution in [0.3, 0.4) is 0 Å². The summed E-state index contributed by atoms with van der Waals surface area (Å²) in [6.07, 6.45) is -0.468. The summed E-state index contributed by atoms with van der Waals surface area (Å²) >= 11 is 0. The summed E-state index contributed by atoms with van der Waals surface area (Å²) in [5, 5.41) is 10.0. The molecule has 174 valence electrons. The SMILES string of the molecule is CC(C)(C)OC(=O)Nc1cc(NC(=O)C2=NN(C3CCS(=O)(=O)C3)C(=O)CC2)ccc1F.